The van der Waals surface area contributed by atoms with E-state index in [1.807, 2.05) is 25.1 Å². The summed E-state index contributed by atoms with van der Waals surface area (Å²) >= 11 is 0. The Balaban J connectivity index is 1.86. The average Bonchev–Trinajstić information content (AvgIpc) is 2.83. The molecule has 1 N–H and O–H groups in total. The highest BCUT2D eigenvalue weighted by molar-refractivity contribution is 5.10. The Bertz CT molecular complexity index is 563. The standard InChI is InChI=1S/C17H25N3O/c1-13(2)18-10-16-8-9-17(21-16)12-20(4)11-15-7-5-6-14(3)19-15/h5-9,13,18H,10-12H2,1-4H3. The van der Waals surface area contributed by atoms with E-state index in [4.69, 9.17) is 4.42 Å². The van der Waals surface area contributed by atoms with E-state index in [1.54, 1.807) is 0 Å². The Morgan fingerprint density at radius 3 is 2.62 bits per heavy atom. The summed E-state index contributed by atoms with van der Waals surface area (Å²) in [6.45, 7) is 8.67. The first-order valence-electron chi connectivity index (χ1n) is 7.45. The molecule has 0 aliphatic rings. The van der Waals surface area contributed by atoms with Crippen LogP contribution in [0.25, 0.3) is 0 Å². The number of nitrogens with one attached hydrogen (secondary N) is 1. The molecule has 0 amide bonds. The molecule has 2 aromatic rings. The van der Waals surface area contributed by atoms with Crippen molar-refractivity contribution in [2.24, 2.45) is 0 Å². The second kappa shape index (κ2) is 7.38. The van der Waals surface area contributed by atoms with Crippen LogP contribution in [-0.2, 0) is 19.6 Å². The summed E-state index contributed by atoms with van der Waals surface area (Å²) in [7, 11) is 2.08. The van der Waals surface area contributed by atoms with Crippen LogP contribution in [0.4, 0.5) is 0 Å². The predicted octanol–water partition coefficient (Wildman–Crippen LogP) is 3.11. The van der Waals surface area contributed by atoms with Gasteiger partial charge >= 0.3 is 0 Å². The Morgan fingerprint density at radius 2 is 1.90 bits per heavy atom. The van der Waals surface area contributed by atoms with Crippen molar-refractivity contribution in [2.75, 3.05) is 7.05 Å². The molecule has 0 bridgehead atoms. The maximum atomic E-state index is 5.84. The first kappa shape index (κ1) is 15.7. The molecule has 2 rings (SSSR count). The monoisotopic (exact) mass is 287 g/mol. The van der Waals surface area contributed by atoms with Crippen LogP contribution in [0.1, 0.15) is 36.8 Å². The van der Waals surface area contributed by atoms with Gasteiger partial charge in [-0.2, -0.15) is 0 Å². The molecule has 0 fully saturated rings. The maximum Gasteiger partial charge on any atom is 0.118 e. The highest BCUT2D eigenvalue weighted by Crippen LogP contribution is 2.11. The van der Waals surface area contributed by atoms with E-state index in [9.17, 15) is 0 Å². The minimum atomic E-state index is 0.466. The summed E-state index contributed by atoms with van der Waals surface area (Å²) < 4.78 is 5.84. The van der Waals surface area contributed by atoms with Crippen molar-refractivity contribution in [1.82, 2.24) is 15.2 Å². The first-order chi connectivity index (χ1) is 10.0. The fourth-order valence-corrected chi connectivity index (χ4v) is 2.19. The highest BCUT2D eigenvalue weighted by Gasteiger charge is 2.07. The topological polar surface area (TPSA) is 41.3 Å². The maximum absolute atomic E-state index is 5.84. The normalized spacial score (nSPS) is 11.5. The van der Waals surface area contributed by atoms with Crippen LogP contribution in [0.3, 0.4) is 0 Å². The van der Waals surface area contributed by atoms with E-state index in [1.165, 1.54) is 0 Å². The zero-order valence-electron chi connectivity index (χ0n) is 13.4. The van der Waals surface area contributed by atoms with Gasteiger partial charge in [0, 0.05) is 18.3 Å². The molecule has 0 unspecified atom stereocenters. The van der Waals surface area contributed by atoms with Gasteiger partial charge in [0.25, 0.3) is 0 Å². The zero-order chi connectivity index (χ0) is 15.2. The Labute approximate surface area is 127 Å². The number of rotatable bonds is 7. The lowest BCUT2D eigenvalue weighted by Crippen LogP contribution is -2.21. The van der Waals surface area contributed by atoms with Gasteiger partial charge in [0.05, 0.1) is 18.8 Å². The average molecular weight is 287 g/mol. The molecule has 4 nitrogen and oxygen atoms in total. The quantitative estimate of drug-likeness (QED) is 0.849. The molecule has 0 spiro atoms. The van der Waals surface area contributed by atoms with E-state index in [-0.39, 0.29) is 0 Å². The summed E-state index contributed by atoms with van der Waals surface area (Å²) in [4.78, 5) is 6.74. The van der Waals surface area contributed by atoms with Gasteiger partial charge in [0.1, 0.15) is 11.5 Å². The van der Waals surface area contributed by atoms with Gasteiger partial charge in [0.2, 0.25) is 0 Å². The van der Waals surface area contributed by atoms with Gasteiger partial charge in [0.15, 0.2) is 0 Å². The largest absolute Gasteiger partial charge is 0.463 e. The first-order valence-corrected chi connectivity index (χ1v) is 7.45. The van der Waals surface area contributed by atoms with Crippen molar-refractivity contribution in [3.8, 4) is 0 Å². The van der Waals surface area contributed by atoms with E-state index >= 15 is 0 Å². The summed E-state index contributed by atoms with van der Waals surface area (Å²) in [5, 5.41) is 3.36. The van der Waals surface area contributed by atoms with E-state index in [0.717, 1.165) is 42.5 Å². The molecule has 0 atom stereocenters. The molecule has 0 radical (unpaired) electrons. The van der Waals surface area contributed by atoms with Crippen LogP contribution in [0.15, 0.2) is 34.7 Å². The lowest BCUT2D eigenvalue weighted by atomic mass is 10.3. The summed E-state index contributed by atoms with van der Waals surface area (Å²) in [5.41, 5.74) is 2.15. The van der Waals surface area contributed by atoms with Crippen molar-refractivity contribution in [3.05, 3.63) is 53.2 Å². The molecule has 21 heavy (non-hydrogen) atoms. The van der Waals surface area contributed by atoms with Crippen LogP contribution in [0.5, 0.6) is 0 Å². The third kappa shape index (κ3) is 5.33. The minimum absolute atomic E-state index is 0.466. The third-order valence-corrected chi connectivity index (χ3v) is 3.21. The number of pyridine rings is 1. The van der Waals surface area contributed by atoms with Crippen LogP contribution < -0.4 is 5.32 Å². The molecular formula is C17H25N3O. The summed E-state index contributed by atoms with van der Waals surface area (Å²) in [6.07, 6.45) is 0. The number of hydrogen-bond donors (Lipinski definition) is 1. The molecule has 0 aliphatic heterocycles. The van der Waals surface area contributed by atoms with Gasteiger partial charge in [-0.15, -0.1) is 0 Å². The minimum Gasteiger partial charge on any atom is -0.463 e. The SMILES string of the molecule is Cc1cccc(CN(C)Cc2ccc(CNC(C)C)o2)n1. The molecule has 2 heterocycles. The van der Waals surface area contributed by atoms with Crippen LogP contribution in [0, 0.1) is 6.92 Å². The fourth-order valence-electron chi connectivity index (χ4n) is 2.19. The second-order valence-corrected chi connectivity index (χ2v) is 5.85. The number of aromatic nitrogens is 1. The highest BCUT2D eigenvalue weighted by atomic mass is 16.3. The van der Waals surface area contributed by atoms with E-state index in [2.05, 4.69) is 48.2 Å². The van der Waals surface area contributed by atoms with Crippen molar-refractivity contribution in [1.29, 1.82) is 0 Å². The van der Waals surface area contributed by atoms with Crippen molar-refractivity contribution in [2.45, 2.75) is 46.4 Å². The number of furan rings is 1. The predicted molar refractivity (Wildman–Crippen MR) is 84.8 cm³/mol. The molecule has 114 valence electrons. The second-order valence-electron chi connectivity index (χ2n) is 5.85. The van der Waals surface area contributed by atoms with E-state index in [0.29, 0.717) is 6.04 Å². The summed E-state index contributed by atoms with van der Waals surface area (Å²) in [5.74, 6) is 1.98. The van der Waals surface area contributed by atoms with Crippen molar-refractivity contribution >= 4 is 0 Å². The van der Waals surface area contributed by atoms with Crippen molar-refractivity contribution in [3.63, 3.8) is 0 Å². The number of aryl methyl sites for hydroxylation is 1. The smallest absolute Gasteiger partial charge is 0.118 e. The molecular weight excluding hydrogens is 262 g/mol. The Kier molecular flexibility index (Phi) is 5.53. The van der Waals surface area contributed by atoms with Gasteiger partial charge in [-0.25, -0.2) is 0 Å². The number of nitrogens with zero attached hydrogens (tertiary/aromatic N) is 2. The molecule has 0 aromatic carbocycles. The van der Waals surface area contributed by atoms with E-state index < -0.39 is 0 Å². The van der Waals surface area contributed by atoms with Gasteiger partial charge in [-0.05, 0) is 38.2 Å². The Morgan fingerprint density at radius 1 is 1.14 bits per heavy atom. The lowest BCUT2D eigenvalue weighted by Gasteiger charge is -2.14. The van der Waals surface area contributed by atoms with Crippen LogP contribution >= 0.6 is 0 Å². The molecule has 2 aromatic heterocycles. The number of hydrogen-bond acceptors (Lipinski definition) is 4. The van der Waals surface area contributed by atoms with Crippen LogP contribution in [-0.4, -0.2) is 23.0 Å². The zero-order valence-corrected chi connectivity index (χ0v) is 13.4. The Hall–Kier alpha value is -1.65. The third-order valence-electron chi connectivity index (χ3n) is 3.21. The molecule has 0 saturated heterocycles. The van der Waals surface area contributed by atoms with Crippen molar-refractivity contribution < 1.29 is 4.42 Å². The van der Waals surface area contributed by atoms with Crippen LogP contribution in [0.2, 0.25) is 0 Å². The molecule has 0 saturated carbocycles. The van der Waals surface area contributed by atoms with Gasteiger partial charge < -0.3 is 9.73 Å². The summed E-state index contributed by atoms with van der Waals surface area (Å²) in [6, 6.07) is 10.7. The molecule has 0 aliphatic carbocycles. The lowest BCUT2D eigenvalue weighted by molar-refractivity contribution is 0.279. The van der Waals surface area contributed by atoms with Gasteiger partial charge in [-0.3, -0.25) is 9.88 Å². The van der Waals surface area contributed by atoms with Gasteiger partial charge in [-0.1, -0.05) is 19.9 Å². The molecule has 4 heteroatoms. The fraction of sp³-hybridized carbons (Fsp3) is 0.471.